The van der Waals surface area contributed by atoms with E-state index in [-0.39, 0.29) is 17.5 Å². The monoisotopic (exact) mass is 487 g/mol. The van der Waals surface area contributed by atoms with E-state index in [1.165, 1.54) is 0 Å². The summed E-state index contributed by atoms with van der Waals surface area (Å²) in [5.41, 5.74) is 4.57. The fraction of sp³-hybridized carbons (Fsp3) is 0.364. The Bertz CT molecular complexity index is 1070. The fourth-order valence-corrected chi connectivity index (χ4v) is 4.19. The topological polar surface area (TPSA) is 107 Å². The molecule has 1 aliphatic heterocycles. The van der Waals surface area contributed by atoms with Gasteiger partial charge in [0.05, 0.1) is 16.8 Å². The van der Waals surface area contributed by atoms with Gasteiger partial charge in [-0.25, -0.2) is 0 Å². The highest BCUT2D eigenvalue weighted by molar-refractivity contribution is 9.10. The van der Waals surface area contributed by atoms with E-state index >= 15 is 0 Å². The van der Waals surface area contributed by atoms with Crippen molar-refractivity contribution in [1.29, 1.82) is 0 Å². The molecule has 9 heteroatoms. The van der Waals surface area contributed by atoms with Crippen molar-refractivity contribution in [2.75, 3.05) is 31.5 Å². The number of rotatable bonds is 8. The molecule has 0 fully saturated rings. The minimum Gasteiger partial charge on any atom is -0.358 e. The Labute approximate surface area is 189 Å². The molecule has 0 saturated carbocycles. The number of fused-ring (bicyclic) bond motifs is 1. The first-order valence-electron chi connectivity index (χ1n) is 10.2. The van der Waals surface area contributed by atoms with Crippen LogP contribution in [-0.2, 0) is 4.79 Å². The molecule has 3 rings (SSSR count). The molecule has 164 valence electrons. The average Bonchev–Trinajstić information content (AvgIpc) is 3.19. The van der Waals surface area contributed by atoms with Gasteiger partial charge in [0.25, 0.3) is 11.8 Å². The molecule has 1 aromatic heterocycles. The highest BCUT2D eigenvalue weighted by Crippen LogP contribution is 2.40. The zero-order valence-electron chi connectivity index (χ0n) is 18.1. The van der Waals surface area contributed by atoms with Crippen LogP contribution in [0.1, 0.15) is 46.7 Å². The van der Waals surface area contributed by atoms with Gasteiger partial charge in [-0.05, 0) is 71.8 Å². The number of nitroso groups, excluding NO2 is 1. The van der Waals surface area contributed by atoms with Gasteiger partial charge in [-0.2, -0.15) is 0 Å². The van der Waals surface area contributed by atoms with Crippen molar-refractivity contribution in [3.8, 4) is 0 Å². The molecule has 3 N–H and O–H groups in total. The van der Waals surface area contributed by atoms with E-state index < -0.39 is 0 Å². The van der Waals surface area contributed by atoms with Crippen LogP contribution in [0, 0.1) is 18.8 Å². The Morgan fingerprint density at radius 2 is 1.97 bits per heavy atom. The Kier molecular flexibility index (Phi) is 7.07. The van der Waals surface area contributed by atoms with Crippen molar-refractivity contribution in [2.45, 2.75) is 27.7 Å². The number of amides is 2. The van der Waals surface area contributed by atoms with Crippen molar-refractivity contribution in [3.05, 3.63) is 49.6 Å². The third-order valence-corrected chi connectivity index (χ3v) is 6.20. The maximum Gasteiger partial charge on any atom is 0.256 e. The zero-order valence-corrected chi connectivity index (χ0v) is 19.6. The first-order valence-corrected chi connectivity index (χ1v) is 11.0. The van der Waals surface area contributed by atoms with Gasteiger partial charge in [0.1, 0.15) is 5.69 Å². The summed E-state index contributed by atoms with van der Waals surface area (Å²) >= 11 is 3.28. The Morgan fingerprint density at radius 3 is 2.61 bits per heavy atom. The quantitative estimate of drug-likeness (QED) is 0.379. The summed E-state index contributed by atoms with van der Waals surface area (Å²) in [5.74, 6) is -0.419. The van der Waals surface area contributed by atoms with Gasteiger partial charge < -0.3 is 20.5 Å². The Hall–Kier alpha value is -2.78. The lowest BCUT2D eigenvalue weighted by Crippen LogP contribution is -2.35. The summed E-state index contributed by atoms with van der Waals surface area (Å²) in [6, 6.07) is 3.23. The van der Waals surface area contributed by atoms with E-state index in [0.717, 1.165) is 30.9 Å². The molecule has 8 nitrogen and oxygen atoms in total. The average molecular weight is 488 g/mol. The number of nitrogens with zero attached hydrogens (tertiary/aromatic N) is 2. The molecule has 0 atom stereocenters. The van der Waals surface area contributed by atoms with E-state index in [4.69, 9.17) is 0 Å². The van der Waals surface area contributed by atoms with E-state index in [1.54, 1.807) is 18.2 Å². The van der Waals surface area contributed by atoms with Gasteiger partial charge in [0.2, 0.25) is 0 Å². The van der Waals surface area contributed by atoms with Crippen LogP contribution in [0.5, 0.6) is 0 Å². The number of likely N-dealkylation sites (N-methyl/N-ethyl adjacent to an activating group) is 1. The Balaban J connectivity index is 1.88. The van der Waals surface area contributed by atoms with Gasteiger partial charge in [-0.1, -0.05) is 13.8 Å². The van der Waals surface area contributed by atoms with Crippen molar-refractivity contribution >= 4 is 50.8 Å². The maximum atomic E-state index is 12.8. The highest BCUT2D eigenvalue weighted by atomic mass is 79.9. The fourth-order valence-electron chi connectivity index (χ4n) is 3.77. The summed E-state index contributed by atoms with van der Waals surface area (Å²) < 4.78 is 0.512. The predicted molar refractivity (Wildman–Crippen MR) is 126 cm³/mol. The maximum absolute atomic E-state index is 12.8. The van der Waals surface area contributed by atoms with Crippen LogP contribution in [-0.4, -0.2) is 47.9 Å². The number of nitrogens with one attached hydrogen (secondary N) is 3. The minimum atomic E-state index is -0.276. The van der Waals surface area contributed by atoms with Crippen molar-refractivity contribution < 1.29 is 9.59 Å². The minimum absolute atomic E-state index is 0.143. The van der Waals surface area contributed by atoms with E-state index in [0.29, 0.717) is 39.1 Å². The predicted octanol–water partition coefficient (Wildman–Crippen LogP) is 4.36. The van der Waals surface area contributed by atoms with Gasteiger partial charge in [0.15, 0.2) is 0 Å². The van der Waals surface area contributed by atoms with E-state index in [2.05, 4.69) is 55.5 Å². The molecule has 0 aliphatic carbocycles. The lowest BCUT2D eigenvalue weighted by molar-refractivity contribution is -0.110. The number of halogens is 1. The number of H-pyrrole nitrogens is 1. The second-order valence-electron chi connectivity index (χ2n) is 7.40. The SMILES string of the molecule is CCN(CC)CCNC(=O)c1c(C)[nH]c(/C=C2\C(=O)Nc3cc(Br)c(N=O)cc32)c1C. The molecule has 2 heterocycles. The van der Waals surface area contributed by atoms with Crippen LogP contribution in [0.15, 0.2) is 21.8 Å². The van der Waals surface area contributed by atoms with Gasteiger partial charge in [-0.15, -0.1) is 4.91 Å². The van der Waals surface area contributed by atoms with Crippen LogP contribution in [0.2, 0.25) is 0 Å². The number of hydrogen-bond donors (Lipinski definition) is 3. The van der Waals surface area contributed by atoms with E-state index in [1.807, 2.05) is 13.8 Å². The third-order valence-electron chi connectivity index (χ3n) is 5.57. The molecule has 0 saturated heterocycles. The van der Waals surface area contributed by atoms with Gasteiger partial charge in [-0.3, -0.25) is 9.59 Å². The number of carbonyl (C=O) groups is 2. The van der Waals surface area contributed by atoms with Crippen LogP contribution in [0.25, 0.3) is 11.6 Å². The molecule has 0 bridgehead atoms. The number of benzene rings is 1. The molecule has 0 radical (unpaired) electrons. The first-order chi connectivity index (χ1) is 14.8. The smallest absolute Gasteiger partial charge is 0.256 e. The van der Waals surface area contributed by atoms with Gasteiger partial charge in [0, 0.05) is 34.5 Å². The summed E-state index contributed by atoms with van der Waals surface area (Å²) in [5, 5.41) is 8.77. The molecule has 0 spiro atoms. The number of aryl methyl sites for hydroxylation is 1. The molecule has 2 aromatic rings. The number of hydrogen-bond acceptors (Lipinski definition) is 5. The summed E-state index contributed by atoms with van der Waals surface area (Å²) in [4.78, 5) is 41.8. The normalized spacial score (nSPS) is 14.1. The molecule has 0 unspecified atom stereocenters. The van der Waals surface area contributed by atoms with Crippen LogP contribution in [0.3, 0.4) is 0 Å². The second-order valence-corrected chi connectivity index (χ2v) is 8.25. The number of carbonyl (C=O) groups excluding carboxylic acids is 2. The van der Waals surface area contributed by atoms with Crippen LogP contribution in [0.4, 0.5) is 11.4 Å². The largest absolute Gasteiger partial charge is 0.358 e. The summed E-state index contributed by atoms with van der Waals surface area (Å²) in [7, 11) is 0. The van der Waals surface area contributed by atoms with E-state index in [9.17, 15) is 14.5 Å². The van der Waals surface area contributed by atoms with Crippen molar-refractivity contribution in [3.63, 3.8) is 0 Å². The third kappa shape index (κ3) is 4.62. The number of anilines is 1. The molecule has 1 aliphatic rings. The van der Waals surface area contributed by atoms with Crippen LogP contribution < -0.4 is 10.6 Å². The number of aromatic nitrogens is 1. The molecule has 1 aromatic carbocycles. The molecular weight excluding hydrogens is 462 g/mol. The van der Waals surface area contributed by atoms with Crippen LogP contribution >= 0.6 is 15.9 Å². The lowest BCUT2D eigenvalue weighted by atomic mass is 10.0. The zero-order chi connectivity index (χ0) is 22.7. The second kappa shape index (κ2) is 9.57. The standard InChI is InChI=1S/C22H26BrN5O3/c1-5-28(6-2)8-7-24-22(30)20-12(3)17(25-13(20)4)10-15-14-9-19(27-31)16(23)11-18(14)26-21(15)29/h9-11,25H,5-8H2,1-4H3,(H,24,30)(H,26,29)/b15-10-. The van der Waals surface area contributed by atoms with Crippen molar-refractivity contribution in [1.82, 2.24) is 15.2 Å². The molecule has 2 amide bonds. The lowest BCUT2D eigenvalue weighted by Gasteiger charge is -2.18. The highest BCUT2D eigenvalue weighted by Gasteiger charge is 2.27. The van der Waals surface area contributed by atoms with Crippen molar-refractivity contribution in [2.24, 2.45) is 5.18 Å². The summed E-state index contributed by atoms with van der Waals surface area (Å²) in [6.07, 6.45) is 1.71. The Morgan fingerprint density at radius 1 is 1.26 bits per heavy atom. The molecule has 31 heavy (non-hydrogen) atoms. The summed E-state index contributed by atoms with van der Waals surface area (Å²) in [6.45, 7) is 11.1. The number of aromatic amines is 1. The first kappa shape index (κ1) is 22.9. The molecular formula is C22H26BrN5O3. The van der Waals surface area contributed by atoms with Gasteiger partial charge >= 0.3 is 0 Å².